The number of aliphatic hydroxyl groups is 1. The minimum Gasteiger partial charge on any atom is -0.490 e. The Morgan fingerprint density at radius 3 is 2.73 bits per heavy atom. The normalized spacial score (nSPS) is 15.3. The summed E-state index contributed by atoms with van der Waals surface area (Å²) in [7, 11) is 0. The monoisotopic (exact) mass is 313 g/mol. The van der Waals surface area contributed by atoms with Crippen molar-refractivity contribution in [1.82, 2.24) is 4.90 Å². The van der Waals surface area contributed by atoms with Gasteiger partial charge in [-0.25, -0.2) is 8.78 Å². The summed E-state index contributed by atoms with van der Waals surface area (Å²) in [6.45, 7) is -1.15. The van der Waals surface area contributed by atoms with E-state index in [0.717, 1.165) is 30.6 Å². The van der Waals surface area contributed by atoms with Crippen LogP contribution in [0, 0.1) is 0 Å². The Balaban J connectivity index is 2.07. The van der Waals surface area contributed by atoms with Gasteiger partial charge in [-0.3, -0.25) is 4.79 Å². The number of hydrogen-bond donors (Lipinski definition) is 1. The van der Waals surface area contributed by atoms with Gasteiger partial charge in [-0.1, -0.05) is 6.07 Å². The number of ether oxygens (including phenoxy) is 1. The lowest BCUT2D eigenvalue weighted by Gasteiger charge is -2.22. The molecule has 4 nitrogen and oxygen atoms in total. The van der Waals surface area contributed by atoms with Gasteiger partial charge in [0, 0.05) is 12.1 Å². The zero-order chi connectivity index (χ0) is 15.9. The largest absolute Gasteiger partial charge is 0.490 e. The van der Waals surface area contributed by atoms with Crippen LogP contribution in [0.25, 0.3) is 0 Å². The van der Waals surface area contributed by atoms with Gasteiger partial charge in [-0.2, -0.15) is 0 Å². The second-order valence-corrected chi connectivity index (χ2v) is 5.42. The molecule has 1 aliphatic carbocycles. The molecule has 0 aliphatic heterocycles. The number of rotatable bonds is 7. The molecule has 1 saturated carbocycles. The van der Waals surface area contributed by atoms with Crippen molar-refractivity contribution < 1.29 is 23.4 Å². The number of halogens is 2. The lowest BCUT2D eigenvalue weighted by atomic mass is 10.2. The molecule has 0 atom stereocenters. The van der Waals surface area contributed by atoms with Crippen LogP contribution in [0.5, 0.6) is 5.75 Å². The van der Waals surface area contributed by atoms with Gasteiger partial charge in [0.15, 0.2) is 0 Å². The quantitative estimate of drug-likeness (QED) is 0.842. The molecular formula is C16H21F2NO3. The van der Waals surface area contributed by atoms with E-state index < -0.39 is 18.9 Å². The van der Waals surface area contributed by atoms with Crippen LogP contribution in [0.15, 0.2) is 24.3 Å². The van der Waals surface area contributed by atoms with Gasteiger partial charge in [0.25, 0.3) is 12.3 Å². The molecular weight excluding hydrogens is 292 g/mol. The molecule has 1 aromatic carbocycles. The number of aliphatic hydroxyl groups excluding tert-OH is 1. The third kappa shape index (κ3) is 4.66. The summed E-state index contributed by atoms with van der Waals surface area (Å²) in [5.74, 6) is 0.0602. The fourth-order valence-corrected chi connectivity index (χ4v) is 2.65. The Kier molecular flexibility index (Phi) is 6.12. The van der Waals surface area contributed by atoms with Crippen molar-refractivity contribution in [1.29, 1.82) is 0 Å². The van der Waals surface area contributed by atoms with E-state index in [1.54, 1.807) is 24.3 Å². The number of amides is 1. The predicted octanol–water partition coefficient (Wildman–Crippen LogP) is 2.71. The lowest BCUT2D eigenvalue weighted by molar-refractivity contribution is 0.0508. The first-order valence-corrected chi connectivity index (χ1v) is 7.55. The van der Waals surface area contributed by atoms with Crippen molar-refractivity contribution in [3.8, 4) is 5.75 Å². The highest BCUT2D eigenvalue weighted by Gasteiger charge is 2.21. The van der Waals surface area contributed by atoms with Crippen LogP contribution < -0.4 is 4.74 Å². The van der Waals surface area contributed by atoms with Crippen molar-refractivity contribution in [2.24, 2.45) is 0 Å². The van der Waals surface area contributed by atoms with Crippen LogP contribution >= 0.6 is 0 Å². The molecule has 122 valence electrons. The average Bonchev–Trinajstić information content (AvgIpc) is 2.99. The molecule has 6 heteroatoms. The van der Waals surface area contributed by atoms with Crippen LogP contribution in [0.3, 0.4) is 0 Å². The molecule has 0 bridgehead atoms. The van der Waals surface area contributed by atoms with Gasteiger partial charge in [0.2, 0.25) is 0 Å². The maximum Gasteiger partial charge on any atom is 0.255 e. The van der Waals surface area contributed by atoms with Gasteiger partial charge >= 0.3 is 0 Å². The minimum absolute atomic E-state index is 0.114. The zero-order valence-corrected chi connectivity index (χ0v) is 12.4. The van der Waals surface area contributed by atoms with Crippen LogP contribution in [0.1, 0.15) is 36.0 Å². The number of alkyl halides is 2. The minimum atomic E-state index is -2.63. The summed E-state index contributed by atoms with van der Waals surface area (Å²) in [4.78, 5) is 13.2. The lowest BCUT2D eigenvalue weighted by Crippen LogP contribution is -2.37. The van der Waals surface area contributed by atoms with Crippen molar-refractivity contribution in [3.05, 3.63) is 29.8 Å². The molecule has 2 rings (SSSR count). The molecule has 1 fully saturated rings. The first-order valence-electron chi connectivity index (χ1n) is 7.55. The van der Waals surface area contributed by atoms with Crippen LogP contribution in [0.4, 0.5) is 8.78 Å². The zero-order valence-electron chi connectivity index (χ0n) is 12.4. The van der Waals surface area contributed by atoms with Gasteiger partial charge < -0.3 is 14.7 Å². The molecule has 1 aliphatic rings. The van der Waals surface area contributed by atoms with Crippen LogP contribution in [-0.4, -0.2) is 48.1 Å². The molecule has 0 aromatic heterocycles. The third-order valence-electron chi connectivity index (χ3n) is 3.70. The van der Waals surface area contributed by atoms with E-state index in [4.69, 9.17) is 9.84 Å². The Bertz CT molecular complexity index is 490. The number of benzene rings is 1. The fourth-order valence-electron chi connectivity index (χ4n) is 2.65. The molecule has 0 radical (unpaired) electrons. The van der Waals surface area contributed by atoms with E-state index in [1.807, 2.05) is 0 Å². The highest BCUT2D eigenvalue weighted by Crippen LogP contribution is 2.25. The van der Waals surface area contributed by atoms with Gasteiger partial charge in [0.1, 0.15) is 5.75 Å². The Morgan fingerprint density at radius 1 is 1.36 bits per heavy atom. The van der Waals surface area contributed by atoms with Crippen molar-refractivity contribution in [2.45, 2.75) is 38.2 Å². The van der Waals surface area contributed by atoms with E-state index >= 15 is 0 Å². The highest BCUT2D eigenvalue weighted by molar-refractivity contribution is 5.94. The van der Waals surface area contributed by atoms with E-state index in [0.29, 0.717) is 11.3 Å². The predicted molar refractivity (Wildman–Crippen MR) is 78.3 cm³/mol. The number of hydrogen-bond acceptors (Lipinski definition) is 3. The first kappa shape index (κ1) is 16.7. The fraction of sp³-hybridized carbons (Fsp3) is 0.562. The van der Waals surface area contributed by atoms with Crippen molar-refractivity contribution in [3.63, 3.8) is 0 Å². The van der Waals surface area contributed by atoms with E-state index in [9.17, 15) is 13.6 Å². The second-order valence-electron chi connectivity index (χ2n) is 5.42. The Morgan fingerprint density at radius 2 is 2.09 bits per heavy atom. The molecule has 1 amide bonds. The van der Waals surface area contributed by atoms with Crippen molar-refractivity contribution >= 4 is 5.91 Å². The summed E-state index contributed by atoms with van der Waals surface area (Å²) in [6, 6.07) is 6.59. The van der Waals surface area contributed by atoms with Crippen LogP contribution in [0.2, 0.25) is 0 Å². The molecule has 1 aromatic rings. The number of carbonyl (C=O) groups excluding carboxylic acids is 1. The molecule has 0 spiro atoms. The van der Waals surface area contributed by atoms with Crippen molar-refractivity contribution in [2.75, 3.05) is 19.7 Å². The maximum absolute atomic E-state index is 12.5. The first-order chi connectivity index (χ1) is 10.6. The summed E-state index contributed by atoms with van der Waals surface area (Å²) < 4.78 is 30.9. The third-order valence-corrected chi connectivity index (χ3v) is 3.70. The van der Waals surface area contributed by atoms with Gasteiger partial charge in [0.05, 0.1) is 19.3 Å². The topological polar surface area (TPSA) is 49.8 Å². The molecule has 0 heterocycles. The number of carbonyl (C=O) groups is 1. The van der Waals surface area contributed by atoms with Gasteiger partial charge in [-0.15, -0.1) is 0 Å². The molecule has 22 heavy (non-hydrogen) atoms. The Hall–Kier alpha value is -1.69. The summed E-state index contributed by atoms with van der Waals surface area (Å²) in [6.07, 6.45) is 1.82. The maximum atomic E-state index is 12.5. The highest BCUT2D eigenvalue weighted by atomic mass is 19.3. The van der Waals surface area contributed by atoms with E-state index in [1.165, 1.54) is 0 Å². The molecule has 0 saturated heterocycles. The summed E-state index contributed by atoms with van der Waals surface area (Å²) in [5.41, 5.74) is 0.296. The standard InChI is InChI=1S/C16H21F2NO3/c17-15(18)11-19(8-9-20)16(21)12-4-3-7-14(10-12)22-13-5-1-2-6-13/h3-4,7,10,13,15,20H,1-2,5-6,8-9,11H2. The smallest absolute Gasteiger partial charge is 0.255 e. The number of nitrogens with zero attached hydrogens (tertiary/aromatic N) is 1. The Labute approximate surface area is 128 Å². The molecule has 1 N–H and O–H groups in total. The van der Waals surface area contributed by atoms with E-state index in [-0.39, 0.29) is 19.3 Å². The second kappa shape index (κ2) is 8.08. The van der Waals surface area contributed by atoms with Gasteiger partial charge in [-0.05, 0) is 43.9 Å². The summed E-state index contributed by atoms with van der Waals surface area (Å²) in [5, 5.41) is 8.93. The van der Waals surface area contributed by atoms with E-state index in [2.05, 4.69) is 0 Å². The summed E-state index contributed by atoms with van der Waals surface area (Å²) >= 11 is 0. The molecule has 0 unspecified atom stereocenters. The average molecular weight is 313 g/mol. The SMILES string of the molecule is O=C(c1cccc(OC2CCCC2)c1)N(CCO)CC(F)F. The van der Waals surface area contributed by atoms with Crippen LogP contribution in [-0.2, 0) is 0 Å².